The minimum atomic E-state index is -1.55. The average molecular weight is 509 g/mol. The number of thioether (sulfide) groups is 1. The number of carbonyl (C=O) groups excluding carboxylic acids is 2. The number of allylic oxidation sites excluding steroid dienone is 4. The molecule has 190 valence electrons. The Hall–Kier alpha value is -2.29. The number of carbonyl (C=O) groups is 2. The van der Waals surface area contributed by atoms with Crippen LogP contribution in [0.15, 0.2) is 51.8 Å². The molecule has 0 bridgehead atoms. The van der Waals surface area contributed by atoms with E-state index in [1.54, 1.807) is 30.5 Å². The van der Waals surface area contributed by atoms with Crippen molar-refractivity contribution in [3.8, 4) is 0 Å². The molecule has 0 aliphatic heterocycles. The van der Waals surface area contributed by atoms with Crippen molar-refractivity contribution in [3.63, 3.8) is 0 Å². The fraction of sp³-hybridized carbons (Fsp3) is 0.571. The maximum absolute atomic E-state index is 13.7. The normalized spacial score (nSPS) is 41.5. The van der Waals surface area contributed by atoms with Crippen LogP contribution in [0.25, 0.3) is 11.2 Å². The largest absolute Gasteiger partial charge is 0.430 e. The van der Waals surface area contributed by atoms with Crippen LogP contribution in [0.1, 0.15) is 46.5 Å². The van der Waals surface area contributed by atoms with Crippen LogP contribution < -0.4 is 0 Å². The highest BCUT2D eigenvalue weighted by atomic mass is 32.2. The summed E-state index contributed by atoms with van der Waals surface area (Å²) in [6.45, 7) is 6.10. The number of hydrogen-bond acceptors (Lipinski definition) is 8. The van der Waals surface area contributed by atoms with Gasteiger partial charge in [-0.05, 0) is 67.7 Å². The van der Waals surface area contributed by atoms with Crippen LogP contribution in [-0.2, 0) is 9.59 Å². The molecule has 4 aliphatic rings. The van der Waals surface area contributed by atoms with Gasteiger partial charge in [-0.2, -0.15) is 4.98 Å². The molecule has 0 unspecified atom stereocenters. The smallest absolute Gasteiger partial charge is 0.258 e. The van der Waals surface area contributed by atoms with E-state index in [0.717, 1.165) is 24.8 Å². The van der Waals surface area contributed by atoms with Gasteiger partial charge < -0.3 is 14.6 Å². The van der Waals surface area contributed by atoms with Gasteiger partial charge in [-0.1, -0.05) is 44.2 Å². The Morgan fingerprint density at radius 2 is 2.14 bits per heavy atom. The summed E-state index contributed by atoms with van der Waals surface area (Å²) in [6.07, 6.45) is 9.06. The van der Waals surface area contributed by atoms with E-state index in [1.807, 2.05) is 19.9 Å². The molecule has 7 nitrogen and oxygen atoms in total. The predicted molar refractivity (Wildman–Crippen MR) is 135 cm³/mol. The molecule has 3 saturated carbocycles. The molecule has 3 fully saturated rings. The Kier molecular flexibility index (Phi) is 5.42. The molecule has 0 radical (unpaired) electrons. The Morgan fingerprint density at radius 3 is 2.92 bits per heavy atom. The van der Waals surface area contributed by atoms with Gasteiger partial charge in [0.2, 0.25) is 0 Å². The average Bonchev–Trinajstić information content (AvgIpc) is 3.35. The standard InChI is InChI=1S/C28H32N2O5S/c1-15-11-19-18-7-6-16-12-17(31)8-9-26(16,2)23(18)20(32)13-27(19,3)28(15,34)22(33)14-36-25-30-24-21(35-25)5-4-10-29-24/h4-5,8-10,12,15,18-20,23,32,34H,6-7,11,13-14H2,1-3H3/t15-,18+,19+,20+,23-,26+,27+,28+/m1/s1. The molecule has 0 amide bonds. The van der Waals surface area contributed by atoms with Crippen LogP contribution in [-0.4, -0.2) is 49.2 Å². The zero-order valence-electron chi connectivity index (χ0n) is 20.8. The van der Waals surface area contributed by atoms with E-state index in [2.05, 4.69) is 16.9 Å². The Bertz CT molecular complexity index is 1290. The van der Waals surface area contributed by atoms with E-state index in [1.165, 1.54) is 11.8 Å². The predicted octanol–water partition coefficient (Wildman–Crippen LogP) is 4.14. The SMILES string of the molecule is C[C@@H]1C[C@H]2[C@@H]3CCC4=CC(=O)C=C[C@]4(C)[C@H]3[C@@H](O)C[C@]2(C)[C@@]1(O)C(=O)CSc1nc2ncccc2o1. The summed E-state index contributed by atoms with van der Waals surface area (Å²) in [4.78, 5) is 34.3. The number of fused-ring (bicyclic) bond motifs is 6. The van der Waals surface area contributed by atoms with E-state index in [-0.39, 0.29) is 46.4 Å². The quantitative estimate of drug-likeness (QED) is 0.593. The fourth-order valence-corrected chi connectivity index (χ4v) is 9.08. The zero-order valence-corrected chi connectivity index (χ0v) is 21.6. The molecule has 4 aliphatic carbocycles. The monoisotopic (exact) mass is 508 g/mol. The molecule has 2 aromatic heterocycles. The van der Waals surface area contributed by atoms with Gasteiger partial charge in [0.15, 0.2) is 22.8 Å². The molecule has 0 aromatic carbocycles. The van der Waals surface area contributed by atoms with Crippen LogP contribution in [0.5, 0.6) is 0 Å². The molecule has 36 heavy (non-hydrogen) atoms. The maximum Gasteiger partial charge on any atom is 0.258 e. The van der Waals surface area contributed by atoms with E-state index in [9.17, 15) is 19.8 Å². The van der Waals surface area contributed by atoms with Gasteiger partial charge in [-0.3, -0.25) is 9.59 Å². The van der Waals surface area contributed by atoms with Gasteiger partial charge in [-0.25, -0.2) is 4.98 Å². The van der Waals surface area contributed by atoms with Crippen molar-refractivity contribution in [2.24, 2.45) is 34.5 Å². The van der Waals surface area contributed by atoms with Gasteiger partial charge in [-0.15, -0.1) is 0 Å². The van der Waals surface area contributed by atoms with Crippen LogP contribution in [0.2, 0.25) is 0 Å². The highest BCUT2D eigenvalue weighted by Crippen LogP contribution is 2.68. The van der Waals surface area contributed by atoms with Crippen molar-refractivity contribution in [1.29, 1.82) is 0 Å². The van der Waals surface area contributed by atoms with Gasteiger partial charge in [0, 0.05) is 22.9 Å². The van der Waals surface area contributed by atoms with Crippen molar-refractivity contribution >= 4 is 34.6 Å². The molecular formula is C28H32N2O5S. The van der Waals surface area contributed by atoms with Crippen molar-refractivity contribution < 1.29 is 24.2 Å². The van der Waals surface area contributed by atoms with Crippen LogP contribution in [0.4, 0.5) is 0 Å². The molecule has 8 heteroatoms. The number of ketones is 2. The maximum atomic E-state index is 13.7. The number of aliphatic hydroxyl groups excluding tert-OH is 1. The fourth-order valence-electron chi connectivity index (χ4n) is 8.30. The molecule has 8 atom stereocenters. The molecule has 2 aromatic rings. The first-order chi connectivity index (χ1) is 17.1. The van der Waals surface area contributed by atoms with Crippen LogP contribution >= 0.6 is 11.8 Å². The second-order valence-corrected chi connectivity index (χ2v) is 12.6. The van der Waals surface area contributed by atoms with Crippen molar-refractivity contribution in [1.82, 2.24) is 9.97 Å². The first-order valence-electron chi connectivity index (χ1n) is 12.8. The molecule has 0 spiro atoms. The molecule has 2 heterocycles. The summed E-state index contributed by atoms with van der Waals surface area (Å²) >= 11 is 1.18. The second-order valence-electron chi connectivity index (χ2n) is 11.6. The second kappa shape index (κ2) is 8.10. The third-order valence-electron chi connectivity index (χ3n) is 9.97. The number of aliphatic hydroxyl groups is 2. The minimum absolute atomic E-state index is 0.0118. The molecule has 6 rings (SSSR count). The third-order valence-corrected chi connectivity index (χ3v) is 10.8. The summed E-state index contributed by atoms with van der Waals surface area (Å²) in [6, 6.07) is 3.55. The number of hydrogen-bond donors (Lipinski definition) is 2. The van der Waals surface area contributed by atoms with Gasteiger partial charge in [0.05, 0.1) is 11.9 Å². The van der Waals surface area contributed by atoms with Crippen molar-refractivity contribution in [2.45, 2.75) is 63.4 Å². The van der Waals surface area contributed by atoms with Crippen LogP contribution in [0.3, 0.4) is 0 Å². The van der Waals surface area contributed by atoms with E-state index in [0.29, 0.717) is 22.9 Å². The Morgan fingerprint density at radius 1 is 1.33 bits per heavy atom. The number of Topliss-reactive ketones (excluding diaryl/α,β-unsaturated/α-hetero) is 1. The minimum Gasteiger partial charge on any atom is -0.430 e. The van der Waals surface area contributed by atoms with E-state index in [4.69, 9.17) is 4.42 Å². The lowest BCUT2D eigenvalue weighted by Gasteiger charge is -2.59. The topological polar surface area (TPSA) is 114 Å². The van der Waals surface area contributed by atoms with Crippen LogP contribution in [0, 0.1) is 34.5 Å². The lowest BCUT2D eigenvalue weighted by molar-refractivity contribution is -0.179. The number of oxazole rings is 1. The number of pyridine rings is 1. The lowest BCUT2D eigenvalue weighted by atomic mass is 9.46. The first-order valence-corrected chi connectivity index (χ1v) is 13.8. The van der Waals surface area contributed by atoms with Gasteiger partial charge >= 0.3 is 0 Å². The Balaban J connectivity index is 1.28. The summed E-state index contributed by atoms with van der Waals surface area (Å²) in [7, 11) is 0. The van der Waals surface area contributed by atoms with Crippen molar-refractivity contribution in [3.05, 3.63) is 42.1 Å². The van der Waals surface area contributed by atoms with E-state index < -0.39 is 17.1 Å². The number of rotatable bonds is 4. The van der Waals surface area contributed by atoms with Crippen molar-refractivity contribution in [2.75, 3.05) is 5.75 Å². The van der Waals surface area contributed by atoms with Gasteiger partial charge in [0.25, 0.3) is 5.22 Å². The first kappa shape index (κ1) is 24.1. The molecule has 0 saturated heterocycles. The highest BCUT2D eigenvalue weighted by molar-refractivity contribution is 7.99. The zero-order chi connectivity index (χ0) is 25.5. The number of aromatic nitrogens is 2. The van der Waals surface area contributed by atoms with E-state index >= 15 is 0 Å². The molecular weight excluding hydrogens is 476 g/mol. The summed E-state index contributed by atoms with van der Waals surface area (Å²) < 4.78 is 5.71. The Labute approximate surface area is 214 Å². The summed E-state index contributed by atoms with van der Waals surface area (Å²) in [5.74, 6) is -0.183. The third kappa shape index (κ3) is 3.20. The summed E-state index contributed by atoms with van der Waals surface area (Å²) in [5.41, 5.74) is -0.503. The number of nitrogens with zero attached hydrogens (tertiary/aromatic N) is 2. The lowest BCUT2D eigenvalue weighted by Crippen LogP contribution is -2.62. The molecule has 2 N–H and O–H groups in total. The highest BCUT2D eigenvalue weighted by Gasteiger charge is 2.70. The summed E-state index contributed by atoms with van der Waals surface area (Å²) in [5, 5.41) is 24.1. The van der Waals surface area contributed by atoms with Gasteiger partial charge in [0.1, 0.15) is 5.60 Å².